The number of ether oxygens (including phenoxy) is 2. The van der Waals surface area contributed by atoms with Crippen LogP contribution in [0, 0.1) is 0 Å². The van der Waals surface area contributed by atoms with Gasteiger partial charge in [-0.2, -0.15) is 13.2 Å². The molecule has 0 saturated heterocycles. The van der Waals surface area contributed by atoms with Crippen LogP contribution in [0.1, 0.15) is 12.5 Å². The largest absolute Gasteiger partial charge is 0.475 e. The average molecular weight is 250 g/mol. The summed E-state index contributed by atoms with van der Waals surface area (Å²) in [5.74, 6) is -0.166. The van der Waals surface area contributed by atoms with Crippen molar-refractivity contribution < 1.29 is 22.6 Å². The number of halogens is 3. The van der Waals surface area contributed by atoms with Gasteiger partial charge >= 0.3 is 11.7 Å². The molecule has 88 valence electrons. The van der Waals surface area contributed by atoms with Crippen molar-refractivity contribution in [3.63, 3.8) is 0 Å². The van der Waals surface area contributed by atoms with Gasteiger partial charge in [-0.15, -0.1) is 0 Å². The highest BCUT2D eigenvalue weighted by atomic mass is 31.0. The Balaban J connectivity index is 2.43. The van der Waals surface area contributed by atoms with Crippen molar-refractivity contribution >= 4 is 9.24 Å². The number of benzene rings is 1. The normalized spacial score (nSPS) is 26.6. The fraction of sp³-hybridized carbons (Fsp3) is 0.400. The molecule has 0 fully saturated rings. The van der Waals surface area contributed by atoms with Crippen LogP contribution in [-0.2, 0) is 6.42 Å². The van der Waals surface area contributed by atoms with Crippen molar-refractivity contribution in [2.45, 2.75) is 25.0 Å². The van der Waals surface area contributed by atoms with Crippen molar-refractivity contribution in [3.8, 4) is 11.5 Å². The fourth-order valence-electron chi connectivity index (χ4n) is 1.36. The van der Waals surface area contributed by atoms with E-state index in [0.29, 0.717) is 6.42 Å². The summed E-state index contributed by atoms with van der Waals surface area (Å²) in [6, 6.07) is 4.47. The Morgan fingerprint density at radius 3 is 2.50 bits per heavy atom. The summed E-state index contributed by atoms with van der Waals surface area (Å²) in [4.78, 5) is 0. The molecule has 0 bridgehead atoms. The zero-order chi connectivity index (χ0) is 12.0. The van der Waals surface area contributed by atoms with Crippen LogP contribution in [0.5, 0.6) is 11.5 Å². The van der Waals surface area contributed by atoms with Crippen molar-refractivity contribution in [3.05, 3.63) is 23.8 Å². The second kappa shape index (κ2) is 3.52. The fourth-order valence-corrected chi connectivity index (χ4v) is 1.55. The van der Waals surface area contributed by atoms with Crippen LogP contribution in [-0.4, -0.2) is 11.7 Å². The maximum absolute atomic E-state index is 13.4. The first-order chi connectivity index (χ1) is 7.36. The Morgan fingerprint density at radius 1 is 1.19 bits per heavy atom. The minimum atomic E-state index is -4.02. The lowest BCUT2D eigenvalue weighted by molar-refractivity contribution is -0.299. The molecule has 1 heterocycles. The molecular formula is C10H10F3O2P. The minimum Gasteiger partial charge on any atom is -0.443 e. The van der Waals surface area contributed by atoms with Gasteiger partial charge in [0.2, 0.25) is 0 Å². The highest BCUT2D eigenvalue weighted by Crippen LogP contribution is 2.49. The van der Waals surface area contributed by atoms with E-state index < -0.39 is 11.7 Å². The van der Waals surface area contributed by atoms with E-state index in [2.05, 4.69) is 9.47 Å². The lowest BCUT2D eigenvalue weighted by Gasteiger charge is -2.35. The van der Waals surface area contributed by atoms with Gasteiger partial charge < -0.3 is 9.47 Å². The van der Waals surface area contributed by atoms with Gasteiger partial charge in [0.15, 0.2) is 11.5 Å². The summed E-state index contributed by atoms with van der Waals surface area (Å²) < 4.78 is 48.5. The molecule has 0 radical (unpaired) electrons. The van der Waals surface area contributed by atoms with Crippen LogP contribution in [0.4, 0.5) is 13.2 Å². The molecule has 1 aliphatic heterocycles. The Morgan fingerprint density at radius 2 is 1.88 bits per heavy atom. The summed E-state index contributed by atoms with van der Waals surface area (Å²) in [6.45, 7) is 1.89. The maximum Gasteiger partial charge on any atom is 0.475 e. The third kappa shape index (κ3) is 1.73. The zero-order valence-corrected chi connectivity index (χ0v) is 9.62. The van der Waals surface area contributed by atoms with Crippen molar-refractivity contribution in [1.82, 2.24) is 0 Å². The van der Waals surface area contributed by atoms with Crippen molar-refractivity contribution in [1.29, 1.82) is 0 Å². The number of aryl methyl sites for hydroxylation is 1. The van der Waals surface area contributed by atoms with E-state index in [1.54, 1.807) is 6.07 Å². The second-order valence-corrected chi connectivity index (χ2v) is 4.24. The molecule has 2 rings (SSSR count). The van der Waals surface area contributed by atoms with Gasteiger partial charge in [-0.1, -0.05) is 13.0 Å². The van der Waals surface area contributed by atoms with Crippen molar-refractivity contribution in [2.75, 3.05) is 0 Å². The second-order valence-electron chi connectivity index (χ2n) is 3.50. The molecule has 1 aromatic rings. The molecule has 0 N–H and O–H groups in total. The first-order valence-corrected chi connectivity index (χ1v) is 5.30. The standard InChI is InChI=1S/C10H10F3O2P/c1-2-6-3-4-7-8(5-6)15-10(13,16)9(11,12)14-7/h3-5H,2,16H2,1H3. The number of rotatable bonds is 1. The summed E-state index contributed by atoms with van der Waals surface area (Å²) in [6.07, 6.45) is -3.32. The molecule has 16 heavy (non-hydrogen) atoms. The Labute approximate surface area is 92.9 Å². The molecule has 2 atom stereocenters. The van der Waals surface area contributed by atoms with Crippen LogP contribution in [0.15, 0.2) is 18.2 Å². The maximum atomic E-state index is 13.4. The van der Waals surface area contributed by atoms with Crippen LogP contribution < -0.4 is 9.47 Å². The lowest BCUT2D eigenvalue weighted by atomic mass is 10.1. The van der Waals surface area contributed by atoms with Gasteiger partial charge in [-0.3, -0.25) is 0 Å². The Bertz CT molecular complexity index is 421. The molecule has 0 aromatic heterocycles. The molecule has 6 heteroatoms. The van der Waals surface area contributed by atoms with Gasteiger partial charge in [0.1, 0.15) is 0 Å². The van der Waals surface area contributed by atoms with Crippen molar-refractivity contribution in [2.24, 2.45) is 0 Å². The van der Waals surface area contributed by atoms with E-state index in [4.69, 9.17) is 0 Å². The van der Waals surface area contributed by atoms with Gasteiger partial charge in [0.05, 0.1) is 0 Å². The molecule has 0 saturated carbocycles. The molecule has 1 aliphatic rings. The summed E-state index contributed by atoms with van der Waals surface area (Å²) >= 11 is 0. The monoisotopic (exact) mass is 250 g/mol. The molecule has 0 aliphatic carbocycles. The number of hydrogen-bond donors (Lipinski definition) is 0. The first-order valence-electron chi connectivity index (χ1n) is 4.72. The van der Waals surface area contributed by atoms with Crippen LogP contribution in [0.25, 0.3) is 0 Å². The zero-order valence-electron chi connectivity index (χ0n) is 8.47. The molecular weight excluding hydrogens is 240 g/mol. The van der Waals surface area contributed by atoms with E-state index in [0.717, 1.165) is 5.56 Å². The molecule has 2 nitrogen and oxygen atoms in total. The van der Waals surface area contributed by atoms with E-state index in [-0.39, 0.29) is 11.5 Å². The highest BCUT2D eigenvalue weighted by molar-refractivity contribution is 7.18. The molecule has 0 spiro atoms. The number of alkyl halides is 3. The minimum absolute atomic E-state index is 0.0113. The Hall–Kier alpha value is -0.960. The van der Waals surface area contributed by atoms with E-state index in [9.17, 15) is 13.2 Å². The summed E-state index contributed by atoms with van der Waals surface area (Å²) in [5, 5.41) is 0. The Kier molecular flexibility index (Phi) is 2.54. The number of hydrogen-bond acceptors (Lipinski definition) is 2. The number of fused-ring (bicyclic) bond motifs is 1. The summed E-state index contributed by atoms with van der Waals surface area (Å²) in [7, 11) is 1.32. The van der Waals surface area contributed by atoms with Gasteiger partial charge in [0.25, 0.3) is 0 Å². The van der Waals surface area contributed by atoms with Crippen LogP contribution in [0.2, 0.25) is 0 Å². The highest BCUT2D eigenvalue weighted by Gasteiger charge is 2.60. The predicted octanol–water partition coefficient (Wildman–Crippen LogP) is 3.11. The first kappa shape index (κ1) is 11.5. The molecule has 0 amide bonds. The average Bonchev–Trinajstić information content (AvgIpc) is 2.18. The van der Waals surface area contributed by atoms with E-state index in [1.165, 1.54) is 21.4 Å². The SMILES string of the molecule is CCc1ccc2c(c1)OC(F)(P)C(F)(F)O2. The smallest absolute Gasteiger partial charge is 0.443 e. The van der Waals surface area contributed by atoms with E-state index >= 15 is 0 Å². The van der Waals surface area contributed by atoms with Gasteiger partial charge in [0, 0.05) is 0 Å². The third-order valence-corrected chi connectivity index (χ3v) is 2.76. The molecule has 2 unspecified atom stereocenters. The van der Waals surface area contributed by atoms with Crippen LogP contribution in [0.3, 0.4) is 0 Å². The van der Waals surface area contributed by atoms with Gasteiger partial charge in [-0.05, 0) is 33.4 Å². The van der Waals surface area contributed by atoms with E-state index in [1.807, 2.05) is 6.92 Å². The third-order valence-electron chi connectivity index (χ3n) is 2.31. The van der Waals surface area contributed by atoms with Crippen LogP contribution >= 0.6 is 9.24 Å². The predicted molar refractivity (Wildman–Crippen MR) is 55.6 cm³/mol. The van der Waals surface area contributed by atoms with Gasteiger partial charge in [-0.25, -0.2) is 0 Å². The summed E-state index contributed by atoms with van der Waals surface area (Å²) in [5.41, 5.74) is -2.37. The lowest BCUT2D eigenvalue weighted by Crippen LogP contribution is -2.50. The quantitative estimate of drug-likeness (QED) is 0.713. The topological polar surface area (TPSA) is 18.5 Å². The molecule has 1 aromatic carbocycles.